The third kappa shape index (κ3) is 5.38. The van der Waals surface area contributed by atoms with Crippen molar-refractivity contribution in [3.8, 4) is 5.75 Å². The first-order valence-corrected chi connectivity index (χ1v) is 11.7. The standard InChI is InChI=1S/C26H24ClN5O3/c27-23-4-2-1-3-22(23)25(33)32-13-10-21(17-32)35-20-7-5-19(6-8-20)30-26(34)29-16-18-9-12-31-14-11-28-24(31)15-18/h1-9,11-12,14-15,21H,10,13,16-17H2,(H2,29,30,34)/t21-/m1/s1. The molecule has 1 fully saturated rings. The predicted molar refractivity (Wildman–Crippen MR) is 134 cm³/mol. The Kier molecular flexibility index (Phi) is 6.54. The second kappa shape index (κ2) is 10.1. The Morgan fingerprint density at radius 1 is 1.09 bits per heavy atom. The second-order valence-corrected chi connectivity index (χ2v) is 8.73. The van der Waals surface area contributed by atoms with Gasteiger partial charge >= 0.3 is 6.03 Å². The first kappa shape index (κ1) is 22.7. The molecule has 1 atom stereocenters. The molecule has 9 heteroatoms. The van der Waals surface area contributed by atoms with Crippen LogP contribution >= 0.6 is 11.6 Å². The molecule has 2 aromatic carbocycles. The molecule has 3 amide bonds. The van der Waals surface area contributed by atoms with Gasteiger partial charge in [-0.05, 0) is 54.1 Å². The Hall–Kier alpha value is -4.04. The van der Waals surface area contributed by atoms with Crippen molar-refractivity contribution >= 4 is 34.9 Å². The maximum absolute atomic E-state index is 12.7. The Bertz CT molecular complexity index is 1350. The summed E-state index contributed by atoms with van der Waals surface area (Å²) >= 11 is 6.17. The number of hydrogen-bond acceptors (Lipinski definition) is 4. The highest BCUT2D eigenvalue weighted by Gasteiger charge is 2.29. The van der Waals surface area contributed by atoms with Crippen molar-refractivity contribution in [1.82, 2.24) is 19.6 Å². The van der Waals surface area contributed by atoms with E-state index < -0.39 is 0 Å². The number of rotatable bonds is 6. The fraction of sp³-hybridized carbons (Fsp3) is 0.192. The molecule has 0 saturated carbocycles. The molecule has 8 nitrogen and oxygen atoms in total. The predicted octanol–water partition coefficient (Wildman–Crippen LogP) is 4.60. The number of hydrogen-bond donors (Lipinski definition) is 2. The smallest absolute Gasteiger partial charge is 0.319 e. The summed E-state index contributed by atoms with van der Waals surface area (Å²) in [4.78, 5) is 31.0. The Labute approximate surface area is 207 Å². The van der Waals surface area contributed by atoms with Crippen molar-refractivity contribution < 1.29 is 14.3 Å². The Morgan fingerprint density at radius 2 is 1.91 bits per heavy atom. The summed E-state index contributed by atoms with van der Waals surface area (Å²) in [5.41, 5.74) is 2.95. The van der Waals surface area contributed by atoms with Gasteiger partial charge in [-0.1, -0.05) is 23.7 Å². The first-order chi connectivity index (χ1) is 17.0. The van der Waals surface area contributed by atoms with Gasteiger partial charge in [-0.3, -0.25) is 4.79 Å². The fourth-order valence-electron chi connectivity index (χ4n) is 4.04. The molecular formula is C26H24ClN5O3. The van der Waals surface area contributed by atoms with E-state index in [0.717, 1.165) is 17.6 Å². The number of carbonyl (C=O) groups excluding carboxylic acids is 2. The molecule has 1 aliphatic heterocycles. The van der Waals surface area contributed by atoms with Gasteiger partial charge in [0.2, 0.25) is 0 Å². The van der Waals surface area contributed by atoms with Crippen LogP contribution in [0.25, 0.3) is 5.65 Å². The number of nitrogens with one attached hydrogen (secondary N) is 2. The van der Waals surface area contributed by atoms with Crippen LogP contribution in [-0.4, -0.2) is 45.4 Å². The number of aromatic nitrogens is 2. The van der Waals surface area contributed by atoms with Crippen molar-refractivity contribution in [3.05, 3.63) is 95.4 Å². The number of imidazole rings is 1. The number of anilines is 1. The molecule has 2 N–H and O–H groups in total. The number of ether oxygens (including phenoxy) is 1. The lowest BCUT2D eigenvalue weighted by atomic mass is 10.2. The highest BCUT2D eigenvalue weighted by molar-refractivity contribution is 6.33. The molecule has 0 bridgehead atoms. The highest BCUT2D eigenvalue weighted by Crippen LogP contribution is 2.24. The van der Waals surface area contributed by atoms with E-state index in [2.05, 4.69) is 15.6 Å². The van der Waals surface area contributed by atoms with E-state index in [0.29, 0.717) is 41.7 Å². The minimum atomic E-state index is -0.300. The molecule has 4 aromatic rings. The van der Waals surface area contributed by atoms with Gasteiger partial charge in [-0.25, -0.2) is 9.78 Å². The molecule has 0 unspecified atom stereocenters. The largest absolute Gasteiger partial charge is 0.489 e. The van der Waals surface area contributed by atoms with E-state index in [1.54, 1.807) is 59.6 Å². The van der Waals surface area contributed by atoms with Gasteiger partial charge in [-0.15, -0.1) is 0 Å². The quantitative estimate of drug-likeness (QED) is 0.414. The summed E-state index contributed by atoms with van der Waals surface area (Å²) in [5, 5.41) is 6.12. The van der Waals surface area contributed by atoms with Crippen molar-refractivity contribution in [3.63, 3.8) is 0 Å². The molecule has 1 aliphatic rings. The molecule has 178 valence electrons. The van der Waals surface area contributed by atoms with Crippen LogP contribution in [0.3, 0.4) is 0 Å². The number of benzene rings is 2. The molecule has 5 rings (SSSR count). The summed E-state index contributed by atoms with van der Waals surface area (Å²) in [6.07, 6.45) is 6.15. The summed E-state index contributed by atoms with van der Waals surface area (Å²) in [5.74, 6) is 0.595. The maximum atomic E-state index is 12.7. The summed E-state index contributed by atoms with van der Waals surface area (Å²) in [6.45, 7) is 1.50. The monoisotopic (exact) mass is 489 g/mol. The van der Waals surface area contributed by atoms with Gasteiger partial charge in [0, 0.05) is 43.8 Å². The number of fused-ring (bicyclic) bond motifs is 1. The molecular weight excluding hydrogens is 466 g/mol. The van der Waals surface area contributed by atoms with E-state index in [4.69, 9.17) is 16.3 Å². The second-order valence-electron chi connectivity index (χ2n) is 8.32. The van der Waals surface area contributed by atoms with Crippen LogP contribution in [0, 0.1) is 0 Å². The topological polar surface area (TPSA) is 88.0 Å². The van der Waals surface area contributed by atoms with Gasteiger partial charge < -0.3 is 24.7 Å². The van der Waals surface area contributed by atoms with E-state index in [1.807, 2.05) is 28.9 Å². The average molecular weight is 490 g/mol. The van der Waals surface area contributed by atoms with Gasteiger partial charge in [0.1, 0.15) is 17.5 Å². The lowest BCUT2D eigenvalue weighted by Gasteiger charge is -2.18. The van der Waals surface area contributed by atoms with Gasteiger partial charge in [0.25, 0.3) is 5.91 Å². The maximum Gasteiger partial charge on any atom is 0.319 e. The molecule has 0 spiro atoms. The van der Waals surface area contributed by atoms with Gasteiger partial charge in [0.15, 0.2) is 0 Å². The minimum Gasteiger partial charge on any atom is -0.489 e. The zero-order valence-electron chi connectivity index (χ0n) is 18.9. The normalized spacial score (nSPS) is 15.2. The number of urea groups is 1. The molecule has 35 heavy (non-hydrogen) atoms. The van der Waals surface area contributed by atoms with Crippen molar-refractivity contribution in [2.75, 3.05) is 18.4 Å². The Balaban J connectivity index is 1.10. The lowest BCUT2D eigenvalue weighted by molar-refractivity contribution is 0.0772. The number of pyridine rings is 1. The van der Waals surface area contributed by atoms with Crippen molar-refractivity contribution in [2.45, 2.75) is 19.1 Å². The van der Waals surface area contributed by atoms with Crippen LogP contribution in [-0.2, 0) is 6.54 Å². The number of carbonyl (C=O) groups is 2. The molecule has 1 saturated heterocycles. The van der Waals surface area contributed by atoms with Crippen LogP contribution in [0.4, 0.5) is 10.5 Å². The van der Waals surface area contributed by atoms with E-state index >= 15 is 0 Å². The lowest BCUT2D eigenvalue weighted by Crippen LogP contribution is -2.31. The SMILES string of the molecule is O=C(NCc1ccn2ccnc2c1)Nc1ccc(O[C@@H]2CCN(C(=O)c3ccccc3Cl)C2)cc1. The molecule has 3 heterocycles. The number of nitrogens with zero attached hydrogens (tertiary/aromatic N) is 3. The van der Waals surface area contributed by atoms with Crippen LogP contribution in [0.2, 0.25) is 5.02 Å². The van der Waals surface area contributed by atoms with Crippen LogP contribution in [0.1, 0.15) is 22.3 Å². The van der Waals surface area contributed by atoms with Gasteiger partial charge in [-0.2, -0.15) is 0 Å². The molecule has 0 aliphatic carbocycles. The fourth-order valence-corrected chi connectivity index (χ4v) is 4.26. The number of amides is 3. The highest BCUT2D eigenvalue weighted by atomic mass is 35.5. The first-order valence-electron chi connectivity index (χ1n) is 11.3. The van der Waals surface area contributed by atoms with E-state index in [-0.39, 0.29) is 18.0 Å². The van der Waals surface area contributed by atoms with Crippen LogP contribution in [0.5, 0.6) is 5.75 Å². The van der Waals surface area contributed by atoms with Crippen LogP contribution < -0.4 is 15.4 Å². The third-order valence-corrected chi connectivity index (χ3v) is 6.20. The summed E-state index contributed by atoms with van der Waals surface area (Å²) in [7, 11) is 0. The van der Waals surface area contributed by atoms with Crippen molar-refractivity contribution in [1.29, 1.82) is 0 Å². The number of halogens is 1. The van der Waals surface area contributed by atoms with Gasteiger partial charge in [0.05, 0.1) is 17.1 Å². The van der Waals surface area contributed by atoms with Crippen molar-refractivity contribution in [2.24, 2.45) is 0 Å². The molecule has 0 radical (unpaired) electrons. The van der Waals surface area contributed by atoms with E-state index in [9.17, 15) is 9.59 Å². The minimum absolute atomic E-state index is 0.0861. The third-order valence-electron chi connectivity index (χ3n) is 5.87. The zero-order chi connectivity index (χ0) is 24.2. The number of likely N-dealkylation sites (tertiary alicyclic amines) is 1. The molecule has 2 aromatic heterocycles. The average Bonchev–Trinajstić information content (AvgIpc) is 3.53. The van der Waals surface area contributed by atoms with Crippen LogP contribution in [0.15, 0.2) is 79.3 Å². The zero-order valence-corrected chi connectivity index (χ0v) is 19.6. The van der Waals surface area contributed by atoms with E-state index in [1.165, 1.54) is 0 Å². The Morgan fingerprint density at radius 3 is 2.74 bits per heavy atom. The summed E-state index contributed by atoms with van der Waals surface area (Å²) < 4.78 is 7.96. The summed E-state index contributed by atoms with van der Waals surface area (Å²) in [6, 6.07) is 17.8.